The summed E-state index contributed by atoms with van der Waals surface area (Å²) in [7, 11) is 0. The van der Waals surface area contributed by atoms with Gasteiger partial charge in [-0.1, -0.05) is 13.3 Å². The molecule has 1 aromatic heterocycles. The predicted molar refractivity (Wildman–Crippen MR) is 64.1 cm³/mol. The Balaban J connectivity index is 2.70. The van der Waals surface area contributed by atoms with E-state index >= 15 is 0 Å². The summed E-state index contributed by atoms with van der Waals surface area (Å²) in [5, 5.41) is 9.75. The molecule has 1 rings (SSSR count). The topological polar surface area (TPSA) is 83.8 Å². The largest absolute Gasteiger partial charge is 0.330 e. The molecular formula is C11H20N4O. The van der Waals surface area contributed by atoms with Gasteiger partial charge >= 0.3 is 0 Å². The van der Waals surface area contributed by atoms with Crippen LogP contribution < -0.4 is 11.1 Å². The highest BCUT2D eigenvalue weighted by molar-refractivity contribution is 5.93. The average molecular weight is 224 g/mol. The predicted octanol–water partition coefficient (Wildman–Crippen LogP) is 1.34. The van der Waals surface area contributed by atoms with Gasteiger partial charge < -0.3 is 11.1 Å². The van der Waals surface area contributed by atoms with Crippen molar-refractivity contribution in [3.8, 4) is 0 Å². The zero-order valence-corrected chi connectivity index (χ0v) is 10.1. The van der Waals surface area contributed by atoms with E-state index in [9.17, 15) is 4.79 Å². The molecule has 0 aliphatic heterocycles. The van der Waals surface area contributed by atoms with Crippen molar-refractivity contribution in [3.05, 3.63) is 11.4 Å². The third-order valence-electron chi connectivity index (χ3n) is 2.67. The van der Waals surface area contributed by atoms with Crippen molar-refractivity contribution in [2.45, 2.75) is 33.6 Å². The van der Waals surface area contributed by atoms with Crippen LogP contribution in [0.5, 0.6) is 0 Å². The van der Waals surface area contributed by atoms with Gasteiger partial charge in [0.2, 0.25) is 5.91 Å². The molecule has 4 N–H and O–H groups in total. The lowest BCUT2D eigenvalue weighted by atomic mass is 10.0. The zero-order valence-electron chi connectivity index (χ0n) is 10.1. The van der Waals surface area contributed by atoms with Gasteiger partial charge in [0.05, 0.1) is 23.0 Å². The number of H-pyrrole nitrogens is 1. The Morgan fingerprint density at radius 2 is 2.25 bits per heavy atom. The number of anilines is 1. The van der Waals surface area contributed by atoms with Gasteiger partial charge in [0.25, 0.3) is 0 Å². The Morgan fingerprint density at radius 3 is 2.69 bits per heavy atom. The van der Waals surface area contributed by atoms with E-state index in [4.69, 9.17) is 5.73 Å². The summed E-state index contributed by atoms with van der Waals surface area (Å²) in [6, 6.07) is 0. The number of aromatic amines is 1. The maximum atomic E-state index is 11.9. The number of carbonyl (C=O) groups excluding carboxylic acids is 1. The number of aryl methyl sites for hydroxylation is 2. The van der Waals surface area contributed by atoms with Crippen LogP contribution >= 0.6 is 0 Å². The van der Waals surface area contributed by atoms with Crippen molar-refractivity contribution in [3.63, 3.8) is 0 Å². The van der Waals surface area contributed by atoms with Crippen LogP contribution in [0.3, 0.4) is 0 Å². The number of nitrogens with two attached hydrogens (primary N) is 1. The molecule has 5 nitrogen and oxygen atoms in total. The minimum Gasteiger partial charge on any atom is -0.330 e. The minimum atomic E-state index is -0.112. The molecule has 0 bridgehead atoms. The van der Waals surface area contributed by atoms with Crippen molar-refractivity contribution in [2.24, 2.45) is 11.7 Å². The van der Waals surface area contributed by atoms with E-state index in [0.29, 0.717) is 6.54 Å². The number of carbonyl (C=O) groups is 1. The van der Waals surface area contributed by atoms with Crippen LogP contribution in [0.1, 0.15) is 31.2 Å². The van der Waals surface area contributed by atoms with E-state index in [-0.39, 0.29) is 11.8 Å². The monoisotopic (exact) mass is 224 g/mol. The highest BCUT2D eigenvalue weighted by Gasteiger charge is 2.18. The van der Waals surface area contributed by atoms with Gasteiger partial charge in [-0.05, 0) is 20.3 Å². The van der Waals surface area contributed by atoms with Crippen molar-refractivity contribution < 1.29 is 4.79 Å². The number of nitrogens with zero attached hydrogens (tertiary/aromatic N) is 1. The number of amides is 1. The van der Waals surface area contributed by atoms with Crippen LogP contribution in [0, 0.1) is 19.8 Å². The van der Waals surface area contributed by atoms with Crippen LogP contribution in [0.25, 0.3) is 0 Å². The van der Waals surface area contributed by atoms with Crippen LogP contribution in [0.15, 0.2) is 0 Å². The lowest BCUT2D eigenvalue weighted by Gasteiger charge is -2.13. The van der Waals surface area contributed by atoms with E-state index in [1.807, 2.05) is 20.8 Å². The molecule has 0 fully saturated rings. The standard InChI is InChI=1S/C11H20N4O/c1-4-5-9(6-12)11(16)13-10-7(2)14-15-8(10)3/h9H,4-6,12H2,1-3H3,(H,13,16)(H,14,15). The SMILES string of the molecule is CCCC(CN)C(=O)Nc1c(C)n[nH]c1C. The second-order valence-electron chi connectivity index (χ2n) is 4.02. The molecule has 0 aromatic carbocycles. The van der Waals surface area contributed by atoms with E-state index in [0.717, 1.165) is 29.9 Å². The maximum absolute atomic E-state index is 11.9. The Labute approximate surface area is 95.8 Å². The molecule has 16 heavy (non-hydrogen) atoms. The number of hydrogen-bond donors (Lipinski definition) is 3. The summed E-state index contributed by atoms with van der Waals surface area (Å²) in [5.41, 5.74) is 8.03. The van der Waals surface area contributed by atoms with Crippen LogP contribution in [-0.2, 0) is 4.79 Å². The van der Waals surface area contributed by atoms with Crippen LogP contribution in [0.4, 0.5) is 5.69 Å². The van der Waals surface area contributed by atoms with Gasteiger partial charge in [-0.2, -0.15) is 5.10 Å². The lowest BCUT2D eigenvalue weighted by Crippen LogP contribution is -2.29. The minimum absolute atomic E-state index is 0.0167. The smallest absolute Gasteiger partial charge is 0.228 e. The number of nitrogens with one attached hydrogen (secondary N) is 2. The first-order chi connectivity index (χ1) is 7.60. The lowest BCUT2D eigenvalue weighted by molar-refractivity contribution is -0.119. The first kappa shape index (κ1) is 12.7. The molecular weight excluding hydrogens is 204 g/mol. The van der Waals surface area contributed by atoms with Gasteiger partial charge in [-0.3, -0.25) is 9.89 Å². The zero-order chi connectivity index (χ0) is 12.1. The highest BCUT2D eigenvalue weighted by Crippen LogP contribution is 2.17. The molecule has 0 spiro atoms. The molecule has 0 saturated carbocycles. The quantitative estimate of drug-likeness (QED) is 0.705. The van der Waals surface area contributed by atoms with Gasteiger partial charge in [-0.25, -0.2) is 0 Å². The summed E-state index contributed by atoms with van der Waals surface area (Å²) in [4.78, 5) is 11.9. The van der Waals surface area contributed by atoms with E-state index in [2.05, 4.69) is 15.5 Å². The number of hydrogen-bond acceptors (Lipinski definition) is 3. The second-order valence-corrected chi connectivity index (χ2v) is 4.02. The Morgan fingerprint density at radius 1 is 1.56 bits per heavy atom. The molecule has 1 heterocycles. The fraction of sp³-hybridized carbons (Fsp3) is 0.636. The van der Waals surface area contributed by atoms with Gasteiger partial charge in [0.15, 0.2) is 0 Å². The fourth-order valence-corrected chi connectivity index (χ4v) is 1.66. The van der Waals surface area contributed by atoms with Crippen LogP contribution in [-0.4, -0.2) is 22.6 Å². The maximum Gasteiger partial charge on any atom is 0.228 e. The average Bonchev–Trinajstić information content (AvgIpc) is 2.57. The molecule has 0 saturated heterocycles. The van der Waals surface area contributed by atoms with E-state index < -0.39 is 0 Å². The van der Waals surface area contributed by atoms with Gasteiger partial charge in [0.1, 0.15) is 0 Å². The first-order valence-electron chi connectivity index (χ1n) is 5.62. The van der Waals surface area contributed by atoms with Crippen molar-refractivity contribution >= 4 is 11.6 Å². The Kier molecular flexibility index (Phi) is 4.49. The molecule has 90 valence electrons. The Bertz CT molecular complexity index is 339. The summed E-state index contributed by atoms with van der Waals surface area (Å²) < 4.78 is 0. The first-order valence-corrected chi connectivity index (χ1v) is 5.62. The van der Waals surface area contributed by atoms with Crippen molar-refractivity contribution in [1.29, 1.82) is 0 Å². The summed E-state index contributed by atoms with van der Waals surface area (Å²) in [5.74, 6) is -0.129. The normalized spacial score (nSPS) is 12.5. The number of rotatable bonds is 5. The summed E-state index contributed by atoms with van der Waals surface area (Å²) in [6.07, 6.45) is 1.77. The molecule has 0 aliphatic rings. The molecule has 1 aromatic rings. The van der Waals surface area contributed by atoms with Gasteiger partial charge in [-0.15, -0.1) is 0 Å². The molecule has 1 amide bonds. The number of aromatic nitrogens is 2. The van der Waals surface area contributed by atoms with Crippen molar-refractivity contribution in [1.82, 2.24) is 10.2 Å². The fourth-order valence-electron chi connectivity index (χ4n) is 1.66. The molecule has 0 radical (unpaired) electrons. The third-order valence-corrected chi connectivity index (χ3v) is 2.67. The molecule has 1 atom stereocenters. The van der Waals surface area contributed by atoms with Crippen molar-refractivity contribution in [2.75, 3.05) is 11.9 Å². The van der Waals surface area contributed by atoms with E-state index in [1.54, 1.807) is 0 Å². The summed E-state index contributed by atoms with van der Waals surface area (Å²) in [6.45, 7) is 6.17. The summed E-state index contributed by atoms with van der Waals surface area (Å²) >= 11 is 0. The van der Waals surface area contributed by atoms with Crippen LogP contribution in [0.2, 0.25) is 0 Å². The molecule has 0 aliphatic carbocycles. The highest BCUT2D eigenvalue weighted by atomic mass is 16.1. The molecule has 5 heteroatoms. The van der Waals surface area contributed by atoms with E-state index in [1.165, 1.54) is 0 Å². The Hall–Kier alpha value is -1.36. The second kappa shape index (κ2) is 5.65. The van der Waals surface area contributed by atoms with Gasteiger partial charge in [0, 0.05) is 6.54 Å². The molecule has 1 unspecified atom stereocenters. The third kappa shape index (κ3) is 2.82.